The quantitative estimate of drug-likeness (QED) is 0.137. The lowest BCUT2D eigenvalue weighted by Gasteiger charge is -2.05. The van der Waals surface area contributed by atoms with E-state index < -0.39 is 10.9 Å². The van der Waals surface area contributed by atoms with E-state index in [4.69, 9.17) is 16.3 Å². The van der Waals surface area contributed by atoms with Gasteiger partial charge in [0.15, 0.2) is 5.78 Å². The van der Waals surface area contributed by atoms with Gasteiger partial charge in [0.1, 0.15) is 5.75 Å². The van der Waals surface area contributed by atoms with Crippen molar-refractivity contribution in [3.8, 4) is 5.75 Å². The molecule has 0 unspecified atom stereocenters. The third-order valence-electron chi connectivity index (χ3n) is 3.92. The highest BCUT2D eigenvalue weighted by Gasteiger charge is 2.13. The normalized spacial score (nSPS) is 10.7. The Morgan fingerprint density at radius 1 is 0.931 bits per heavy atom. The standard InChI is InChI=1S/C22H14ClNO5/c23-18-10-8-16(9-11-18)21(25)12-7-15-3-1-6-20(13-15)29-22(26)17-4-2-5-19(14-17)24(27)28/h1-14H/b12-7+. The zero-order valence-electron chi connectivity index (χ0n) is 14.9. The molecule has 0 radical (unpaired) electrons. The van der Waals surface area contributed by atoms with Gasteiger partial charge in [0, 0.05) is 22.7 Å². The molecule has 3 rings (SSSR count). The molecule has 0 saturated carbocycles. The third kappa shape index (κ3) is 5.37. The number of ketones is 1. The third-order valence-corrected chi connectivity index (χ3v) is 4.17. The minimum atomic E-state index is -0.716. The zero-order chi connectivity index (χ0) is 20.8. The van der Waals surface area contributed by atoms with Gasteiger partial charge in [-0.25, -0.2) is 4.79 Å². The number of carbonyl (C=O) groups excluding carboxylic acids is 2. The molecular weight excluding hydrogens is 394 g/mol. The van der Waals surface area contributed by atoms with Crippen molar-refractivity contribution < 1.29 is 19.2 Å². The first-order chi connectivity index (χ1) is 13.9. The summed E-state index contributed by atoms with van der Waals surface area (Å²) < 4.78 is 5.29. The molecule has 0 fully saturated rings. The summed E-state index contributed by atoms with van der Waals surface area (Å²) >= 11 is 5.81. The van der Waals surface area contributed by atoms with E-state index in [1.807, 2.05) is 0 Å². The molecule has 0 spiro atoms. The summed E-state index contributed by atoms with van der Waals surface area (Å²) in [6.07, 6.45) is 3.01. The fourth-order valence-corrected chi connectivity index (χ4v) is 2.60. The summed E-state index contributed by atoms with van der Waals surface area (Å²) in [5.74, 6) is -0.657. The number of carbonyl (C=O) groups is 2. The topological polar surface area (TPSA) is 86.5 Å². The number of hydrogen-bond acceptors (Lipinski definition) is 5. The molecule has 0 saturated heterocycles. The van der Waals surface area contributed by atoms with Gasteiger partial charge in [0.25, 0.3) is 5.69 Å². The number of nitro groups is 1. The predicted octanol–water partition coefficient (Wildman–Crippen LogP) is 5.36. The largest absolute Gasteiger partial charge is 0.423 e. The number of allylic oxidation sites excluding steroid dienone is 1. The highest BCUT2D eigenvalue weighted by molar-refractivity contribution is 6.30. The molecular formula is C22H14ClNO5. The lowest BCUT2D eigenvalue weighted by molar-refractivity contribution is -0.384. The lowest BCUT2D eigenvalue weighted by Crippen LogP contribution is -2.08. The van der Waals surface area contributed by atoms with E-state index in [1.165, 1.54) is 24.3 Å². The minimum Gasteiger partial charge on any atom is -0.423 e. The molecule has 0 aliphatic rings. The highest BCUT2D eigenvalue weighted by atomic mass is 35.5. The number of nitrogens with zero attached hydrogens (tertiary/aromatic N) is 1. The van der Waals surface area contributed by atoms with Crippen LogP contribution in [0.5, 0.6) is 5.75 Å². The Kier molecular flexibility index (Phi) is 6.16. The van der Waals surface area contributed by atoms with Crippen LogP contribution in [-0.2, 0) is 0 Å². The lowest BCUT2D eigenvalue weighted by atomic mass is 10.1. The Hall–Kier alpha value is -3.77. The smallest absolute Gasteiger partial charge is 0.343 e. The maximum Gasteiger partial charge on any atom is 0.343 e. The maximum absolute atomic E-state index is 12.3. The molecule has 0 aliphatic carbocycles. The van der Waals surface area contributed by atoms with Crippen LogP contribution >= 0.6 is 11.6 Å². The fraction of sp³-hybridized carbons (Fsp3) is 0. The number of non-ortho nitro benzene ring substituents is 1. The van der Waals surface area contributed by atoms with Crippen molar-refractivity contribution in [3.63, 3.8) is 0 Å². The van der Waals surface area contributed by atoms with Crippen LogP contribution in [0.4, 0.5) is 5.69 Å². The van der Waals surface area contributed by atoms with Gasteiger partial charge < -0.3 is 4.74 Å². The molecule has 0 N–H and O–H groups in total. The molecule has 6 nitrogen and oxygen atoms in total. The number of benzene rings is 3. The molecule has 3 aromatic carbocycles. The van der Waals surface area contributed by atoms with E-state index in [0.717, 1.165) is 6.07 Å². The average Bonchev–Trinajstić information content (AvgIpc) is 2.73. The summed E-state index contributed by atoms with van der Waals surface area (Å²) in [6, 6.07) is 18.4. The van der Waals surface area contributed by atoms with Crippen molar-refractivity contribution in [2.24, 2.45) is 0 Å². The van der Waals surface area contributed by atoms with E-state index in [-0.39, 0.29) is 22.8 Å². The summed E-state index contributed by atoms with van der Waals surface area (Å²) in [6.45, 7) is 0. The van der Waals surface area contributed by atoms with Crippen LogP contribution in [0.1, 0.15) is 26.3 Å². The summed E-state index contributed by atoms with van der Waals surface area (Å²) in [4.78, 5) is 34.7. The van der Waals surface area contributed by atoms with Crippen LogP contribution in [-0.4, -0.2) is 16.7 Å². The van der Waals surface area contributed by atoms with E-state index >= 15 is 0 Å². The second-order valence-corrected chi connectivity index (χ2v) is 6.41. The predicted molar refractivity (Wildman–Crippen MR) is 109 cm³/mol. The number of rotatable bonds is 6. The van der Waals surface area contributed by atoms with Crippen molar-refractivity contribution in [1.29, 1.82) is 0 Å². The van der Waals surface area contributed by atoms with Crippen molar-refractivity contribution >= 4 is 35.1 Å². The second-order valence-electron chi connectivity index (χ2n) is 5.97. The van der Waals surface area contributed by atoms with Crippen molar-refractivity contribution in [2.45, 2.75) is 0 Å². The van der Waals surface area contributed by atoms with Gasteiger partial charge >= 0.3 is 5.97 Å². The van der Waals surface area contributed by atoms with Gasteiger partial charge in [0.05, 0.1) is 10.5 Å². The van der Waals surface area contributed by atoms with Gasteiger partial charge in [0.2, 0.25) is 0 Å². The van der Waals surface area contributed by atoms with Crippen molar-refractivity contribution in [3.05, 3.63) is 111 Å². The summed E-state index contributed by atoms with van der Waals surface area (Å²) in [7, 11) is 0. The Balaban J connectivity index is 1.71. The molecule has 0 aliphatic heterocycles. The van der Waals surface area contributed by atoms with Crippen LogP contribution in [0.15, 0.2) is 78.9 Å². The van der Waals surface area contributed by atoms with Gasteiger partial charge in [-0.2, -0.15) is 0 Å². The molecule has 0 atom stereocenters. The average molecular weight is 408 g/mol. The Morgan fingerprint density at radius 3 is 2.38 bits per heavy atom. The van der Waals surface area contributed by atoms with Crippen LogP contribution in [0.3, 0.4) is 0 Å². The van der Waals surface area contributed by atoms with Gasteiger partial charge in [-0.1, -0.05) is 35.9 Å². The number of ether oxygens (including phenoxy) is 1. The highest BCUT2D eigenvalue weighted by Crippen LogP contribution is 2.19. The first-order valence-electron chi connectivity index (χ1n) is 8.47. The molecule has 29 heavy (non-hydrogen) atoms. The van der Waals surface area contributed by atoms with E-state index in [0.29, 0.717) is 16.1 Å². The number of halogens is 1. The minimum absolute atomic E-state index is 0.0676. The van der Waals surface area contributed by atoms with Crippen molar-refractivity contribution in [2.75, 3.05) is 0 Å². The number of esters is 1. The summed E-state index contributed by atoms with van der Waals surface area (Å²) in [5, 5.41) is 11.4. The fourth-order valence-electron chi connectivity index (χ4n) is 2.48. The van der Waals surface area contributed by atoms with E-state index in [9.17, 15) is 19.7 Å². The molecule has 0 amide bonds. The molecule has 0 aromatic heterocycles. The van der Waals surface area contributed by atoms with Crippen molar-refractivity contribution in [1.82, 2.24) is 0 Å². The van der Waals surface area contributed by atoms with E-state index in [1.54, 1.807) is 54.6 Å². The first kappa shape index (κ1) is 20.0. The zero-order valence-corrected chi connectivity index (χ0v) is 15.7. The molecule has 7 heteroatoms. The van der Waals surface area contributed by atoms with Crippen LogP contribution in [0.25, 0.3) is 6.08 Å². The maximum atomic E-state index is 12.3. The Bertz CT molecular complexity index is 1110. The van der Waals surface area contributed by atoms with Crippen LogP contribution < -0.4 is 4.74 Å². The van der Waals surface area contributed by atoms with Gasteiger partial charge in [-0.3, -0.25) is 14.9 Å². The number of hydrogen-bond donors (Lipinski definition) is 0. The van der Waals surface area contributed by atoms with Crippen LogP contribution in [0, 0.1) is 10.1 Å². The molecule has 3 aromatic rings. The second kappa shape index (κ2) is 8.95. The molecule has 0 heterocycles. The van der Waals surface area contributed by atoms with Gasteiger partial charge in [-0.15, -0.1) is 0 Å². The molecule has 0 bridgehead atoms. The Morgan fingerprint density at radius 2 is 1.66 bits per heavy atom. The SMILES string of the molecule is O=C(/C=C/c1cccc(OC(=O)c2cccc([N+](=O)[O-])c2)c1)c1ccc(Cl)cc1. The molecule has 144 valence electrons. The van der Waals surface area contributed by atoms with Gasteiger partial charge in [-0.05, 0) is 54.1 Å². The Labute approximate surface area is 171 Å². The van der Waals surface area contributed by atoms with E-state index in [2.05, 4.69) is 0 Å². The summed E-state index contributed by atoms with van der Waals surface area (Å²) in [5.41, 5.74) is 1.02. The monoisotopic (exact) mass is 407 g/mol. The van der Waals surface area contributed by atoms with Crippen LogP contribution in [0.2, 0.25) is 5.02 Å². The number of nitro benzene ring substituents is 1. The first-order valence-corrected chi connectivity index (χ1v) is 8.85.